The normalized spacial score (nSPS) is 24.4. The molecule has 1 saturated heterocycles. The molecule has 4 atom stereocenters. The predicted octanol–water partition coefficient (Wildman–Crippen LogP) is -0.412. The van der Waals surface area contributed by atoms with Crippen LogP contribution in [0.2, 0.25) is 0 Å². The van der Waals surface area contributed by atoms with Crippen LogP contribution >= 0.6 is 0 Å². The van der Waals surface area contributed by atoms with Crippen LogP contribution < -0.4 is 11.2 Å². The maximum atomic E-state index is 12.2. The summed E-state index contributed by atoms with van der Waals surface area (Å²) in [7, 11) is 0. The van der Waals surface area contributed by atoms with Gasteiger partial charge >= 0.3 is 17.6 Å². The molecule has 0 radical (unpaired) electrons. The Labute approximate surface area is 161 Å². The summed E-state index contributed by atoms with van der Waals surface area (Å²) in [6.45, 7) is 6.35. The summed E-state index contributed by atoms with van der Waals surface area (Å²) in [5.41, 5.74) is 1.47. The first kappa shape index (κ1) is 21.8. The van der Waals surface area contributed by atoms with Crippen molar-refractivity contribution in [3.8, 4) is 0 Å². The molecule has 3 N–H and O–H groups in total. The number of hydrogen-bond acceptors (Lipinski definition) is 10. The van der Waals surface area contributed by atoms with Gasteiger partial charge in [0, 0.05) is 12.3 Å². The summed E-state index contributed by atoms with van der Waals surface area (Å²) in [5.74, 6) is -1.72. The third-order valence-corrected chi connectivity index (χ3v) is 4.03. The highest BCUT2D eigenvalue weighted by atomic mass is 16.7. The van der Waals surface area contributed by atoms with E-state index in [1.165, 1.54) is 12.3 Å². The molecule has 4 unspecified atom stereocenters. The fourth-order valence-electron chi connectivity index (χ4n) is 2.31. The van der Waals surface area contributed by atoms with Gasteiger partial charge in [0.2, 0.25) is 0 Å². The number of carbonyl (C=O) groups is 2. The van der Waals surface area contributed by atoms with E-state index in [4.69, 9.17) is 14.3 Å². The van der Waals surface area contributed by atoms with E-state index in [1.807, 2.05) is 0 Å². The maximum absolute atomic E-state index is 12.2. The third-order valence-electron chi connectivity index (χ3n) is 4.03. The largest absolute Gasteiger partial charge is 0.463 e. The summed E-state index contributed by atoms with van der Waals surface area (Å²) < 4.78 is 11.5. The van der Waals surface area contributed by atoms with Crippen LogP contribution in [-0.4, -0.2) is 56.6 Å². The summed E-state index contributed by atoms with van der Waals surface area (Å²) in [6.07, 6.45) is -3.74. The quantitative estimate of drug-likeness (QED) is 0.408. The Kier molecular flexibility index (Phi) is 7.11. The molecule has 0 aliphatic carbocycles. The van der Waals surface area contributed by atoms with Crippen LogP contribution in [0.15, 0.2) is 17.1 Å². The Morgan fingerprint density at radius 1 is 1.21 bits per heavy atom. The number of carbonyl (C=O) groups excluding carboxylic acids is 2. The van der Waals surface area contributed by atoms with E-state index in [0.29, 0.717) is 0 Å². The molecule has 0 amide bonds. The van der Waals surface area contributed by atoms with Gasteiger partial charge in [-0.3, -0.25) is 9.36 Å². The molecule has 1 aliphatic rings. The number of aromatic nitrogens is 2. The van der Waals surface area contributed by atoms with Crippen LogP contribution in [0.3, 0.4) is 0 Å². The zero-order valence-electron chi connectivity index (χ0n) is 16.1. The van der Waals surface area contributed by atoms with E-state index in [-0.39, 0.29) is 24.3 Å². The van der Waals surface area contributed by atoms with Gasteiger partial charge in [-0.15, -0.1) is 0 Å². The van der Waals surface area contributed by atoms with Gasteiger partial charge in [-0.25, -0.2) is 15.1 Å². The summed E-state index contributed by atoms with van der Waals surface area (Å²) in [6, 6.07) is 1.34. The Bertz CT molecular complexity index is 763. The highest BCUT2D eigenvalue weighted by molar-refractivity contribution is 5.72. The zero-order chi connectivity index (χ0) is 21.0. The number of rotatable bonds is 7. The van der Waals surface area contributed by atoms with Crippen molar-refractivity contribution >= 4 is 17.8 Å². The highest BCUT2D eigenvalue weighted by Gasteiger charge is 2.44. The molecule has 2 heterocycles. The molecule has 156 valence electrons. The Balaban J connectivity index is 2.05. The van der Waals surface area contributed by atoms with Crippen LogP contribution in [0.25, 0.3) is 0 Å². The number of esters is 1. The average Bonchev–Trinajstić information content (AvgIpc) is 2.92. The Hall–Kier alpha value is -2.50. The Morgan fingerprint density at radius 3 is 2.43 bits per heavy atom. The van der Waals surface area contributed by atoms with E-state index in [0.717, 1.165) is 4.57 Å². The van der Waals surface area contributed by atoms with Crippen LogP contribution in [0.5, 0.6) is 0 Å². The van der Waals surface area contributed by atoms with E-state index in [2.05, 4.69) is 10.5 Å². The van der Waals surface area contributed by atoms with E-state index in [1.54, 1.807) is 27.7 Å². The number of nitrogens with one attached hydrogen (secondary N) is 1. The SMILES string of the molecule is CC(C)C(=O)OCC1OC(n2ccc(NOC(=O)C(C)C)nc2=O)C(O)C1O. The van der Waals surface area contributed by atoms with E-state index >= 15 is 0 Å². The molecular formula is C17H25N3O8. The van der Waals surface area contributed by atoms with Gasteiger partial charge in [-0.1, -0.05) is 27.7 Å². The lowest BCUT2D eigenvalue weighted by molar-refractivity contribution is -0.153. The minimum atomic E-state index is -1.43. The van der Waals surface area contributed by atoms with Crippen molar-refractivity contribution in [2.75, 3.05) is 12.1 Å². The summed E-state index contributed by atoms with van der Waals surface area (Å²) in [4.78, 5) is 43.7. The predicted molar refractivity (Wildman–Crippen MR) is 94.8 cm³/mol. The molecule has 28 heavy (non-hydrogen) atoms. The average molecular weight is 399 g/mol. The first-order valence-corrected chi connectivity index (χ1v) is 8.86. The molecular weight excluding hydrogens is 374 g/mol. The van der Waals surface area contributed by atoms with Crippen LogP contribution in [-0.2, 0) is 23.9 Å². The molecule has 0 saturated carbocycles. The van der Waals surface area contributed by atoms with E-state index < -0.39 is 42.2 Å². The van der Waals surface area contributed by atoms with Gasteiger partial charge < -0.3 is 24.5 Å². The van der Waals surface area contributed by atoms with Gasteiger partial charge in [0.1, 0.15) is 24.9 Å². The summed E-state index contributed by atoms with van der Waals surface area (Å²) in [5, 5.41) is 20.3. The molecule has 0 aromatic carbocycles. The standard InChI is InChI=1S/C17H25N3O8/c1-8(2)15(23)26-7-10-12(21)13(22)14(27-10)20-6-5-11(18-17(20)25)19-28-16(24)9(3)4/h5-6,8-10,12-14,21-22H,7H2,1-4H3,(H,18,19,25). The van der Waals surface area contributed by atoms with Gasteiger partial charge in [-0.2, -0.15) is 4.98 Å². The number of aliphatic hydroxyl groups excluding tert-OH is 2. The molecule has 0 bridgehead atoms. The number of ether oxygens (including phenoxy) is 2. The molecule has 1 fully saturated rings. The van der Waals surface area contributed by atoms with Crippen molar-refractivity contribution in [3.05, 3.63) is 22.7 Å². The minimum Gasteiger partial charge on any atom is -0.463 e. The highest BCUT2D eigenvalue weighted by Crippen LogP contribution is 2.28. The van der Waals surface area contributed by atoms with Gasteiger partial charge in [0.05, 0.1) is 11.8 Å². The monoisotopic (exact) mass is 399 g/mol. The lowest BCUT2D eigenvalue weighted by atomic mass is 10.1. The van der Waals surface area contributed by atoms with Crippen molar-refractivity contribution < 1.29 is 34.1 Å². The van der Waals surface area contributed by atoms with E-state index in [9.17, 15) is 24.6 Å². The number of nitrogens with zero attached hydrogens (tertiary/aromatic N) is 2. The van der Waals surface area contributed by atoms with Crippen molar-refractivity contribution in [1.82, 2.24) is 9.55 Å². The summed E-state index contributed by atoms with van der Waals surface area (Å²) >= 11 is 0. The first-order chi connectivity index (χ1) is 13.1. The number of hydrogen-bond donors (Lipinski definition) is 3. The fourth-order valence-corrected chi connectivity index (χ4v) is 2.31. The fraction of sp³-hybridized carbons (Fsp3) is 0.647. The number of anilines is 1. The lowest BCUT2D eigenvalue weighted by Gasteiger charge is -2.17. The zero-order valence-corrected chi connectivity index (χ0v) is 16.1. The second-order valence-corrected chi connectivity index (χ2v) is 7.01. The minimum absolute atomic E-state index is 0.00861. The molecule has 1 aromatic rings. The second-order valence-electron chi connectivity index (χ2n) is 7.01. The van der Waals surface area contributed by atoms with Crippen LogP contribution in [0.4, 0.5) is 5.82 Å². The van der Waals surface area contributed by atoms with Gasteiger partial charge in [0.15, 0.2) is 12.0 Å². The van der Waals surface area contributed by atoms with Crippen molar-refractivity contribution in [2.24, 2.45) is 11.8 Å². The third kappa shape index (κ3) is 5.06. The van der Waals surface area contributed by atoms with Gasteiger partial charge in [0.25, 0.3) is 0 Å². The molecule has 0 spiro atoms. The van der Waals surface area contributed by atoms with Crippen molar-refractivity contribution in [1.29, 1.82) is 0 Å². The molecule has 11 nitrogen and oxygen atoms in total. The second kappa shape index (κ2) is 9.13. The molecule has 2 rings (SSSR count). The first-order valence-electron chi connectivity index (χ1n) is 8.86. The van der Waals surface area contributed by atoms with Crippen molar-refractivity contribution in [3.63, 3.8) is 0 Å². The topological polar surface area (TPSA) is 149 Å². The lowest BCUT2D eigenvalue weighted by Crippen LogP contribution is -2.36. The molecule has 1 aliphatic heterocycles. The molecule has 1 aromatic heterocycles. The van der Waals surface area contributed by atoms with Crippen LogP contribution in [0.1, 0.15) is 33.9 Å². The van der Waals surface area contributed by atoms with Crippen LogP contribution in [0, 0.1) is 11.8 Å². The smallest absolute Gasteiger partial charge is 0.351 e. The van der Waals surface area contributed by atoms with Crippen molar-refractivity contribution in [2.45, 2.75) is 52.2 Å². The Morgan fingerprint density at radius 2 is 1.86 bits per heavy atom. The molecule has 11 heteroatoms. The number of aliphatic hydroxyl groups is 2. The van der Waals surface area contributed by atoms with Gasteiger partial charge in [-0.05, 0) is 0 Å². The maximum Gasteiger partial charge on any atom is 0.351 e.